The Hall–Kier alpha value is -8.88. The second-order valence-corrected chi connectivity index (χ2v) is 25.5. The van der Waals surface area contributed by atoms with Crippen LogP contribution in [0.4, 0.5) is 0 Å². The van der Waals surface area contributed by atoms with E-state index < -0.39 is 123 Å². The first kappa shape index (κ1) is 76.3. The minimum absolute atomic E-state index is 0.0324. The zero-order valence-electron chi connectivity index (χ0n) is 58.7. The van der Waals surface area contributed by atoms with Gasteiger partial charge in [-0.2, -0.15) is 0 Å². The molecule has 0 aliphatic carbocycles. The number of hydrogen-bond donors (Lipinski definition) is 0. The molecule has 15 atom stereocenters. The summed E-state index contributed by atoms with van der Waals surface area (Å²) in [5.41, 5.74) is 7.28. The maximum atomic E-state index is 13.9. The lowest BCUT2D eigenvalue weighted by Crippen LogP contribution is -2.67. The van der Waals surface area contributed by atoms with Crippen LogP contribution in [0.1, 0.15) is 77.8 Å². The minimum atomic E-state index is -1.58. The Morgan fingerprint density at radius 2 is 0.510 bits per heavy atom. The highest BCUT2D eigenvalue weighted by atomic mass is 16.8. The van der Waals surface area contributed by atoms with Crippen LogP contribution in [0.3, 0.4) is 0 Å². The fourth-order valence-electron chi connectivity index (χ4n) is 12.5. The molecule has 0 unspecified atom stereocenters. The van der Waals surface area contributed by atoms with Crippen LogP contribution in [0.2, 0.25) is 0 Å². The molecular formula is C83H90O21. The van der Waals surface area contributed by atoms with E-state index in [1.165, 1.54) is 27.7 Å². The van der Waals surface area contributed by atoms with Crippen molar-refractivity contribution in [3.8, 4) is 0 Å². The quantitative estimate of drug-likeness (QED) is 0.0263. The molecule has 3 fully saturated rings. The van der Waals surface area contributed by atoms with E-state index in [9.17, 15) is 19.2 Å². The molecule has 0 N–H and O–H groups in total. The zero-order valence-corrected chi connectivity index (χ0v) is 58.7. The second-order valence-electron chi connectivity index (χ2n) is 25.5. The molecule has 0 aromatic heterocycles. The van der Waals surface area contributed by atoms with Crippen LogP contribution in [0, 0.1) is 0 Å². The number of ether oxygens (including phenoxy) is 17. The van der Waals surface area contributed by atoms with E-state index in [2.05, 4.69) is 0 Å². The highest BCUT2D eigenvalue weighted by Crippen LogP contribution is 2.39. The van der Waals surface area contributed by atoms with E-state index in [0.29, 0.717) is 5.56 Å². The largest absolute Gasteiger partial charge is 0.461 e. The van der Waals surface area contributed by atoms with Crippen molar-refractivity contribution in [3.05, 3.63) is 287 Å². The Morgan fingerprint density at radius 3 is 0.856 bits per heavy atom. The SMILES string of the molecule is CC(=O)OCc1ccc(CO[C@H]2O[C@H](CO[C@H]3O[C@H](COCc4ccccc4)[C@@H](OCc4ccccc4)[C@H](OCc4ccccc4)[C@@H]3OC(C)=O)[C@@H](OCc3ccccc3)[C@H](O[C@H]3O[C@H](COCc4ccccc4)[C@@H](OCc4ccccc4)[C@H](OCc4ccccc4)[C@@H]3OC(C)=O)[C@@H]2OC(C)=O)cc1. The first-order valence-electron chi connectivity index (χ1n) is 34.9. The van der Waals surface area contributed by atoms with Crippen molar-refractivity contribution in [3.63, 3.8) is 0 Å². The molecule has 8 aromatic rings. The lowest BCUT2D eigenvalue weighted by molar-refractivity contribution is -0.377. The van der Waals surface area contributed by atoms with Crippen LogP contribution in [-0.4, -0.2) is 136 Å². The van der Waals surface area contributed by atoms with Crippen molar-refractivity contribution < 1.29 is 99.7 Å². The van der Waals surface area contributed by atoms with Crippen molar-refractivity contribution in [1.82, 2.24) is 0 Å². The van der Waals surface area contributed by atoms with Gasteiger partial charge in [-0.25, -0.2) is 0 Å². The topological polar surface area (TPSA) is 225 Å². The summed E-state index contributed by atoms with van der Waals surface area (Å²) in [6.07, 6.45) is -18.9. The second kappa shape index (κ2) is 39.8. The molecule has 3 aliphatic rings. The summed E-state index contributed by atoms with van der Waals surface area (Å²) in [6, 6.07) is 74.2. The molecule has 3 aliphatic heterocycles. The minimum Gasteiger partial charge on any atom is -0.461 e. The van der Waals surface area contributed by atoms with Gasteiger partial charge in [0.15, 0.2) is 37.2 Å². The van der Waals surface area contributed by atoms with Crippen LogP contribution in [0.15, 0.2) is 237 Å². The van der Waals surface area contributed by atoms with Crippen LogP contribution in [-0.2, 0) is 159 Å². The van der Waals surface area contributed by atoms with Gasteiger partial charge in [0.2, 0.25) is 0 Å². The molecule has 548 valence electrons. The number of carbonyl (C=O) groups excluding carboxylic acids is 4. The van der Waals surface area contributed by atoms with E-state index in [1.54, 1.807) is 24.3 Å². The third kappa shape index (κ3) is 23.1. The Labute approximate surface area is 606 Å². The molecule has 3 heterocycles. The molecule has 0 radical (unpaired) electrons. The number of benzene rings is 8. The molecule has 104 heavy (non-hydrogen) atoms. The Balaban J connectivity index is 0.999. The predicted octanol–water partition coefficient (Wildman–Crippen LogP) is 12.0. The molecule has 21 nitrogen and oxygen atoms in total. The molecule has 8 aromatic carbocycles. The number of rotatable bonds is 36. The highest BCUT2D eigenvalue weighted by molar-refractivity contribution is 5.67. The third-order valence-electron chi connectivity index (χ3n) is 17.5. The third-order valence-corrected chi connectivity index (χ3v) is 17.5. The lowest BCUT2D eigenvalue weighted by atomic mass is 9.95. The van der Waals surface area contributed by atoms with Gasteiger partial charge in [0.25, 0.3) is 0 Å². The number of hydrogen-bond acceptors (Lipinski definition) is 21. The summed E-state index contributed by atoms with van der Waals surface area (Å²) < 4.78 is 115. The van der Waals surface area contributed by atoms with Crippen molar-refractivity contribution in [1.29, 1.82) is 0 Å². The summed E-state index contributed by atoms with van der Waals surface area (Å²) in [7, 11) is 0. The van der Waals surface area contributed by atoms with Crippen molar-refractivity contribution >= 4 is 23.9 Å². The van der Waals surface area contributed by atoms with Gasteiger partial charge in [-0.15, -0.1) is 0 Å². The monoisotopic (exact) mass is 1420 g/mol. The van der Waals surface area contributed by atoms with Crippen molar-refractivity contribution in [2.45, 2.75) is 179 Å². The van der Waals surface area contributed by atoms with E-state index >= 15 is 0 Å². The average molecular weight is 1420 g/mol. The maximum absolute atomic E-state index is 13.9. The first-order valence-corrected chi connectivity index (χ1v) is 34.9. The summed E-state index contributed by atoms with van der Waals surface area (Å²) in [4.78, 5) is 53.2. The van der Waals surface area contributed by atoms with Crippen LogP contribution < -0.4 is 0 Å². The molecule has 3 saturated heterocycles. The van der Waals surface area contributed by atoms with Gasteiger partial charge in [-0.1, -0.05) is 237 Å². The fourth-order valence-corrected chi connectivity index (χ4v) is 12.5. The summed E-state index contributed by atoms with van der Waals surface area (Å²) in [5.74, 6) is -2.55. The molecule has 0 saturated carbocycles. The average Bonchev–Trinajstić information content (AvgIpc) is 0.766. The van der Waals surface area contributed by atoms with Crippen molar-refractivity contribution in [2.75, 3.05) is 19.8 Å². The summed E-state index contributed by atoms with van der Waals surface area (Å²) in [6.45, 7) is 5.17. The van der Waals surface area contributed by atoms with E-state index in [-0.39, 0.29) is 72.7 Å². The zero-order chi connectivity index (χ0) is 72.2. The Kier molecular flexibility index (Phi) is 29.2. The van der Waals surface area contributed by atoms with Crippen LogP contribution in [0.25, 0.3) is 0 Å². The normalized spacial score (nSPS) is 24.6. The molecule has 21 heteroatoms. The number of esters is 4. The first-order chi connectivity index (χ1) is 50.8. The molecule has 0 spiro atoms. The highest BCUT2D eigenvalue weighted by Gasteiger charge is 2.57. The van der Waals surface area contributed by atoms with Gasteiger partial charge in [0, 0.05) is 27.7 Å². The molecule has 0 bridgehead atoms. The van der Waals surface area contributed by atoms with Gasteiger partial charge in [0.05, 0.1) is 72.7 Å². The predicted molar refractivity (Wildman–Crippen MR) is 377 cm³/mol. The van der Waals surface area contributed by atoms with Gasteiger partial charge < -0.3 is 80.5 Å². The molecule has 11 rings (SSSR count). The van der Waals surface area contributed by atoms with E-state index in [1.807, 2.05) is 212 Å². The summed E-state index contributed by atoms with van der Waals surface area (Å²) in [5, 5.41) is 0. The standard InChI is InChI=1S/C83H90O21/c1-56(84)90-46-67-40-42-68(43-41-67)52-96-82-80(100-59(4)87)77(104-83-79(99-58(3)86)76(95-51-66-38-24-11-25-39-66)73(92-48-63-32-18-8-19-33-63)70(103-83)54-89-45-61-28-14-6-15-29-61)74(93-49-64-34-20-9-21-35-64)71(102-82)55-97-81-78(98-57(2)85)75(94-50-65-36-22-10-23-37-65)72(91-47-62-30-16-7-17-31-62)69(101-81)53-88-44-60-26-12-5-13-27-60/h5-43,69-83H,44-55H2,1-4H3/t69-,70-,71-,72-,73-,74-,75+,76+,77+,78+,79+,80+,81+,82+,83-/m1/s1. The summed E-state index contributed by atoms with van der Waals surface area (Å²) >= 11 is 0. The van der Waals surface area contributed by atoms with E-state index in [4.69, 9.17) is 80.5 Å². The maximum Gasteiger partial charge on any atom is 0.303 e. The van der Waals surface area contributed by atoms with Crippen molar-refractivity contribution in [2.24, 2.45) is 0 Å². The van der Waals surface area contributed by atoms with E-state index in [0.717, 1.165) is 44.5 Å². The van der Waals surface area contributed by atoms with Gasteiger partial charge >= 0.3 is 23.9 Å². The Morgan fingerprint density at radius 1 is 0.250 bits per heavy atom. The van der Waals surface area contributed by atoms with Gasteiger partial charge in [0.1, 0.15) is 61.5 Å². The van der Waals surface area contributed by atoms with Gasteiger partial charge in [-0.3, -0.25) is 19.2 Å². The smallest absolute Gasteiger partial charge is 0.303 e. The fraction of sp³-hybridized carbons (Fsp3) is 0.373. The molecular weight excluding hydrogens is 1330 g/mol. The lowest BCUT2D eigenvalue weighted by Gasteiger charge is -2.50. The van der Waals surface area contributed by atoms with Crippen LogP contribution in [0.5, 0.6) is 0 Å². The van der Waals surface area contributed by atoms with Crippen LogP contribution >= 0.6 is 0 Å². The molecule has 0 amide bonds. The number of carbonyl (C=O) groups is 4. The Bertz CT molecular complexity index is 3830. The van der Waals surface area contributed by atoms with Gasteiger partial charge in [-0.05, 0) is 50.1 Å².